The number of hydrogen-bond acceptors (Lipinski definition) is 3. The maximum Gasteiger partial charge on any atom is 0.123 e. The van der Waals surface area contributed by atoms with Crippen LogP contribution < -0.4 is 5.73 Å². The molecule has 3 N–H and O–H groups in total. The van der Waals surface area contributed by atoms with Crippen LogP contribution in [0.1, 0.15) is 31.7 Å². The predicted molar refractivity (Wildman–Crippen MR) is 60.3 cm³/mol. The van der Waals surface area contributed by atoms with E-state index in [9.17, 15) is 5.11 Å². The molecule has 0 aromatic carbocycles. The van der Waals surface area contributed by atoms with Gasteiger partial charge in [0.1, 0.15) is 5.82 Å². The zero-order valence-electron chi connectivity index (χ0n) is 9.11. The topological polar surface area (TPSA) is 59.1 Å². The van der Waals surface area contributed by atoms with Gasteiger partial charge in [0.15, 0.2) is 0 Å². The lowest BCUT2D eigenvalue weighted by Crippen LogP contribution is -2.33. The highest BCUT2D eigenvalue weighted by molar-refractivity contribution is 5.32. The fourth-order valence-electron chi connectivity index (χ4n) is 2.14. The molecule has 1 aliphatic carbocycles. The molecule has 0 aliphatic heterocycles. The van der Waals surface area contributed by atoms with Crippen LogP contribution in [0.4, 0.5) is 5.82 Å². The molecule has 82 valence electrons. The molecule has 15 heavy (non-hydrogen) atoms. The number of nitrogens with zero attached hydrogens (tertiary/aromatic N) is 1. The summed E-state index contributed by atoms with van der Waals surface area (Å²) >= 11 is 0. The fraction of sp³-hybridized carbons (Fsp3) is 0.583. The van der Waals surface area contributed by atoms with Crippen LogP contribution in [0, 0.1) is 5.92 Å². The van der Waals surface area contributed by atoms with Crippen LogP contribution in [0.5, 0.6) is 0 Å². The molecule has 3 nitrogen and oxygen atoms in total. The molecular weight excluding hydrogens is 188 g/mol. The summed E-state index contributed by atoms with van der Waals surface area (Å²) in [6.45, 7) is 2.04. The number of aromatic nitrogens is 1. The second kappa shape index (κ2) is 3.81. The Hall–Kier alpha value is -1.09. The van der Waals surface area contributed by atoms with Crippen molar-refractivity contribution in [3.05, 3.63) is 23.9 Å². The number of aliphatic hydroxyl groups is 1. The van der Waals surface area contributed by atoms with Crippen molar-refractivity contribution in [1.29, 1.82) is 0 Å². The zero-order chi connectivity index (χ0) is 10.9. The fourth-order valence-corrected chi connectivity index (χ4v) is 2.14. The Morgan fingerprint density at radius 2 is 2.33 bits per heavy atom. The lowest BCUT2D eigenvalue weighted by molar-refractivity contribution is 0.0139. The highest BCUT2D eigenvalue weighted by Crippen LogP contribution is 2.43. The van der Waals surface area contributed by atoms with Crippen LogP contribution >= 0.6 is 0 Å². The standard InChI is InChI=1S/C12H18N2O/c1-2-12(15,10-3-4-10)8-9-5-6-14-11(13)7-9/h5-7,10,15H,2-4,8H2,1H3,(H2,13,14). The molecule has 0 saturated heterocycles. The van der Waals surface area contributed by atoms with Crippen LogP contribution in [0.25, 0.3) is 0 Å². The van der Waals surface area contributed by atoms with E-state index >= 15 is 0 Å². The summed E-state index contributed by atoms with van der Waals surface area (Å²) in [5.74, 6) is 1.01. The third kappa shape index (κ3) is 2.29. The molecular formula is C12H18N2O. The van der Waals surface area contributed by atoms with Gasteiger partial charge < -0.3 is 10.8 Å². The first-order chi connectivity index (χ1) is 7.14. The number of anilines is 1. The second-order valence-electron chi connectivity index (χ2n) is 4.50. The van der Waals surface area contributed by atoms with E-state index < -0.39 is 5.60 Å². The Bertz CT molecular complexity index is 349. The van der Waals surface area contributed by atoms with Gasteiger partial charge in [-0.3, -0.25) is 0 Å². The molecule has 0 amide bonds. The minimum Gasteiger partial charge on any atom is -0.389 e. The van der Waals surface area contributed by atoms with Crippen molar-refractivity contribution in [2.75, 3.05) is 5.73 Å². The van der Waals surface area contributed by atoms with E-state index in [1.54, 1.807) is 6.20 Å². The molecule has 1 saturated carbocycles. The molecule has 0 bridgehead atoms. The minimum absolute atomic E-state index is 0.483. The van der Waals surface area contributed by atoms with E-state index in [-0.39, 0.29) is 0 Å². The summed E-state index contributed by atoms with van der Waals surface area (Å²) in [6.07, 6.45) is 5.52. The number of rotatable bonds is 4. The summed E-state index contributed by atoms with van der Waals surface area (Å²) in [7, 11) is 0. The largest absolute Gasteiger partial charge is 0.389 e. The van der Waals surface area contributed by atoms with Gasteiger partial charge in [-0.15, -0.1) is 0 Å². The van der Waals surface area contributed by atoms with Crippen LogP contribution in [-0.2, 0) is 6.42 Å². The third-order valence-electron chi connectivity index (χ3n) is 3.31. The molecule has 1 fully saturated rings. The quantitative estimate of drug-likeness (QED) is 0.789. The van der Waals surface area contributed by atoms with Gasteiger partial charge in [-0.2, -0.15) is 0 Å². The average Bonchev–Trinajstić information content (AvgIpc) is 3.01. The van der Waals surface area contributed by atoms with Crippen molar-refractivity contribution in [2.24, 2.45) is 5.92 Å². The van der Waals surface area contributed by atoms with E-state index in [2.05, 4.69) is 4.98 Å². The minimum atomic E-state index is -0.534. The Kier molecular flexibility index (Phi) is 2.65. The first-order valence-electron chi connectivity index (χ1n) is 5.57. The predicted octanol–water partition coefficient (Wildman–Crippen LogP) is 1.76. The molecule has 2 rings (SSSR count). The van der Waals surface area contributed by atoms with Crippen LogP contribution in [0.15, 0.2) is 18.3 Å². The van der Waals surface area contributed by atoms with E-state index in [1.807, 2.05) is 19.1 Å². The normalized spacial score (nSPS) is 19.9. The van der Waals surface area contributed by atoms with E-state index in [1.165, 1.54) is 0 Å². The Balaban J connectivity index is 2.12. The monoisotopic (exact) mass is 206 g/mol. The first-order valence-corrected chi connectivity index (χ1v) is 5.57. The lowest BCUT2D eigenvalue weighted by atomic mass is 9.87. The third-order valence-corrected chi connectivity index (χ3v) is 3.31. The molecule has 1 unspecified atom stereocenters. The van der Waals surface area contributed by atoms with Crippen molar-refractivity contribution in [2.45, 2.75) is 38.2 Å². The molecule has 0 spiro atoms. The summed E-state index contributed by atoms with van der Waals surface area (Å²) in [4.78, 5) is 3.95. The molecule has 0 radical (unpaired) electrons. The van der Waals surface area contributed by atoms with Crippen LogP contribution in [0.2, 0.25) is 0 Å². The van der Waals surface area contributed by atoms with Gasteiger partial charge in [-0.1, -0.05) is 6.92 Å². The Morgan fingerprint density at radius 1 is 1.60 bits per heavy atom. The smallest absolute Gasteiger partial charge is 0.123 e. The highest BCUT2D eigenvalue weighted by Gasteiger charge is 2.42. The van der Waals surface area contributed by atoms with Crippen molar-refractivity contribution >= 4 is 5.82 Å². The highest BCUT2D eigenvalue weighted by atomic mass is 16.3. The number of nitrogen functional groups attached to an aromatic ring is 1. The van der Waals surface area contributed by atoms with Gasteiger partial charge in [-0.05, 0) is 42.9 Å². The second-order valence-corrected chi connectivity index (χ2v) is 4.50. The Labute approximate surface area is 90.3 Å². The number of pyridine rings is 1. The summed E-state index contributed by atoms with van der Waals surface area (Å²) in [5.41, 5.74) is 6.17. The van der Waals surface area contributed by atoms with Crippen molar-refractivity contribution in [3.63, 3.8) is 0 Å². The van der Waals surface area contributed by atoms with Gasteiger partial charge in [0.25, 0.3) is 0 Å². The van der Waals surface area contributed by atoms with Gasteiger partial charge >= 0.3 is 0 Å². The number of hydrogen-bond donors (Lipinski definition) is 2. The van der Waals surface area contributed by atoms with E-state index in [0.717, 1.165) is 24.8 Å². The van der Waals surface area contributed by atoms with Gasteiger partial charge in [0, 0.05) is 12.6 Å². The van der Waals surface area contributed by atoms with Crippen LogP contribution in [0.3, 0.4) is 0 Å². The molecule has 1 aromatic rings. The van der Waals surface area contributed by atoms with Crippen LogP contribution in [-0.4, -0.2) is 15.7 Å². The van der Waals surface area contributed by atoms with Crippen molar-refractivity contribution in [1.82, 2.24) is 4.98 Å². The summed E-state index contributed by atoms with van der Waals surface area (Å²) < 4.78 is 0. The maximum absolute atomic E-state index is 10.4. The first kappa shape index (κ1) is 10.4. The molecule has 3 heteroatoms. The van der Waals surface area contributed by atoms with E-state index in [0.29, 0.717) is 18.2 Å². The van der Waals surface area contributed by atoms with Crippen molar-refractivity contribution in [3.8, 4) is 0 Å². The molecule has 1 aliphatic rings. The SMILES string of the molecule is CCC(O)(Cc1ccnc(N)c1)C1CC1. The average molecular weight is 206 g/mol. The lowest BCUT2D eigenvalue weighted by Gasteiger charge is -2.26. The van der Waals surface area contributed by atoms with Crippen molar-refractivity contribution < 1.29 is 5.11 Å². The summed E-state index contributed by atoms with van der Waals surface area (Å²) in [5, 5.41) is 10.4. The molecule has 1 aromatic heterocycles. The van der Waals surface area contributed by atoms with Gasteiger partial charge in [0.05, 0.1) is 5.60 Å². The molecule has 1 heterocycles. The maximum atomic E-state index is 10.4. The molecule has 1 atom stereocenters. The van der Waals surface area contributed by atoms with E-state index in [4.69, 9.17) is 5.73 Å². The zero-order valence-corrected chi connectivity index (χ0v) is 9.11. The van der Waals surface area contributed by atoms with Gasteiger partial charge in [0.2, 0.25) is 0 Å². The summed E-state index contributed by atoms with van der Waals surface area (Å²) in [6, 6.07) is 3.78. The van der Waals surface area contributed by atoms with Gasteiger partial charge in [-0.25, -0.2) is 4.98 Å². The Morgan fingerprint density at radius 3 is 2.87 bits per heavy atom. The number of nitrogens with two attached hydrogens (primary N) is 1.